The zero-order valence-corrected chi connectivity index (χ0v) is 17.4. The van der Waals surface area contributed by atoms with E-state index in [9.17, 15) is 9.59 Å². The van der Waals surface area contributed by atoms with Crippen LogP contribution >= 0.6 is 11.6 Å². The minimum absolute atomic E-state index is 0.00489. The number of anilines is 1. The van der Waals surface area contributed by atoms with Crippen LogP contribution in [0.5, 0.6) is 0 Å². The number of rotatable bonds is 2. The number of amides is 1. The van der Waals surface area contributed by atoms with Crippen LogP contribution in [0.4, 0.5) is 5.69 Å². The standard InChI is InChI=1S/C23H23ClN4O2/c24-17-5-7-18(8-6-17)26-11-13-27(14-12-26)22(29)16-4-9-19-20(15-16)25-21-3-1-2-10-28(21)23(19)30/h4-9,15H,1-3,10-14H2. The lowest BCUT2D eigenvalue weighted by atomic mass is 10.1. The van der Waals surface area contributed by atoms with Gasteiger partial charge in [-0.05, 0) is 55.3 Å². The van der Waals surface area contributed by atoms with Crippen molar-refractivity contribution < 1.29 is 4.79 Å². The fraction of sp³-hybridized carbons (Fsp3) is 0.348. The van der Waals surface area contributed by atoms with Crippen molar-refractivity contribution in [2.75, 3.05) is 31.1 Å². The molecule has 1 fully saturated rings. The van der Waals surface area contributed by atoms with E-state index in [2.05, 4.69) is 4.90 Å². The molecule has 154 valence electrons. The Hall–Kier alpha value is -2.86. The summed E-state index contributed by atoms with van der Waals surface area (Å²) in [5.74, 6) is 0.826. The summed E-state index contributed by atoms with van der Waals surface area (Å²) in [7, 11) is 0. The van der Waals surface area contributed by atoms with Gasteiger partial charge in [0.05, 0.1) is 10.9 Å². The number of aryl methyl sites for hydroxylation is 1. The molecule has 0 radical (unpaired) electrons. The molecule has 0 N–H and O–H groups in total. The maximum atomic E-state index is 13.1. The third kappa shape index (κ3) is 3.45. The quantitative estimate of drug-likeness (QED) is 0.635. The number of nitrogens with zero attached hydrogens (tertiary/aromatic N) is 4. The van der Waals surface area contributed by atoms with Crippen LogP contribution in [0.15, 0.2) is 47.3 Å². The number of fused-ring (bicyclic) bond motifs is 2. The molecule has 0 unspecified atom stereocenters. The predicted molar refractivity (Wildman–Crippen MR) is 119 cm³/mol. The average Bonchev–Trinajstić information content (AvgIpc) is 2.79. The van der Waals surface area contributed by atoms with E-state index in [1.807, 2.05) is 29.2 Å². The summed E-state index contributed by atoms with van der Waals surface area (Å²) in [5.41, 5.74) is 2.34. The van der Waals surface area contributed by atoms with Gasteiger partial charge in [0, 0.05) is 55.4 Å². The molecule has 3 heterocycles. The smallest absolute Gasteiger partial charge is 0.261 e. The fourth-order valence-electron chi connectivity index (χ4n) is 4.38. The Balaban J connectivity index is 1.35. The predicted octanol–water partition coefficient (Wildman–Crippen LogP) is 3.35. The number of carbonyl (C=O) groups excluding carboxylic acids is 1. The van der Waals surface area contributed by atoms with Gasteiger partial charge in [0.15, 0.2) is 0 Å². The van der Waals surface area contributed by atoms with Crippen LogP contribution in [0, 0.1) is 0 Å². The van der Waals surface area contributed by atoms with Crippen molar-refractivity contribution in [3.8, 4) is 0 Å². The van der Waals surface area contributed by atoms with Gasteiger partial charge in [-0.1, -0.05) is 11.6 Å². The number of hydrogen-bond acceptors (Lipinski definition) is 4. The maximum Gasteiger partial charge on any atom is 0.261 e. The molecule has 5 rings (SSSR count). The van der Waals surface area contributed by atoms with E-state index in [1.54, 1.807) is 22.8 Å². The Morgan fingerprint density at radius 2 is 1.70 bits per heavy atom. The van der Waals surface area contributed by atoms with Gasteiger partial charge in [0.25, 0.3) is 11.5 Å². The number of benzene rings is 2. The summed E-state index contributed by atoms with van der Waals surface area (Å²) < 4.78 is 1.78. The number of aromatic nitrogens is 2. The van der Waals surface area contributed by atoms with Gasteiger partial charge in [-0.15, -0.1) is 0 Å². The molecule has 6 nitrogen and oxygen atoms in total. The molecule has 0 saturated carbocycles. The number of hydrogen-bond donors (Lipinski definition) is 0. The van der Waals surface area contributed by atoms with Crippen molar-refractivity contribution in [1.82, 2.24) is 14.5 Å². The van der Waals surface area contributed by atoms with Crippen molar-refractivity contribution in [3.05, 3.63) is 69.2 Å². The van der Waals surface area contributed by atoms with Crippen LogP contribution in [-0.4, -0.2) is 46.5 Å². The van der Waals surface area contributed by atoms with Gasteiger partial charge >= 0.3 is 0 Å². The summed E-state index contributed by atoms with van der Waals surface area (Å²) >= 11 is 5.98. The summed E-state index contributed by atoms with van der Waals surface area (Å²) in [4.78, 5) is 34.7. The maximum absolute atomic E-state index is 13.1. The largest absolute Gasteiger partial charge is 0.368 e. The molecule has 0 bridgehead atoms. The zero-order valence-electron chi connectivity index (χ0n) is 16.7. The van der Waals surface area contributed by atoms with Crippen LogP contribution in [0.1, 0.15) is 29.0 Å². The molecule has 1 amide bonds. The zero-order chi connectivity index (χ0) is 20.7. The number of halogens is 1. The van der Waals surface area contributed by atoms with Crippen molar-refractivity contribution in [3.63, 3.8) is 0 Å². The minimum atomic E-state index is -0.00715. The van der Waals surface area contributed by atoms with Gasteiger partial charge < -0.3 is 9.80 Å². The van der Waals surface area contributed by atoms with E-state index in [4.69, 9.17) is 16.6 Å². The number of carbonyl (C=O) groups is 1. The highest BCUT2D eigenvalue weighted by atomic mass is 35.5. The van der Waals surface area contributed by atoms with Crippen LogP contribution in [0.3, 0.4) is 0 Å². The van der Waals surface area contributed by atoms with E-state index >= 15 is 0 Å². The summed E-state index contributed by atoms with van der Waals surface area (Å²) in [6, 6.07) is 13.1. The van der Waals surface area contributed by atoms with Gasteiger partial charge in [-0.2, -0.15) is 0 Å². The van der Waals surface area contributed by atoms with E-state index < -0.39 is 0 Å². The second kappa shape index (κ2) is 7.76. The molecular formula is C23H23ClN4O2. The monoisotopic (exact) mass is 422 g/mol. The Morgan fingerprint density at radius 3 is 2.47 bits per heavy atom. The highest BCUT2D eigenvalue weighted by molar-refractivity contribution is 6.30. The van der Waals surface area contributed by atoms with Gasteiger partial charge in [-0.3, -0.25) is 14.2 Å². The van der Waals surface area contributed by atoms with Crippen molar-refractivity contribution >= 4 is 34.1 Å². The molecule has 2 aliphatic heterocycles. The molecular weight excluding hydrogens is 400 g/mol. The normalized spacial score (nSPS) is 16.6. The fourth-order valence-corrected chi connectivity index (χ4v) is 4.50. The summed E-state index contributed by atoms with van der Waals surface area (Å²) in [6.07, 6.45) is 2.88. The molecule has 2 aromatic carbocycles. The Kier molecular flexibility index (Phi) is 4.95. The lowest BCUT2D eigenvalue weighted by molar-refractivity contribution is 0.0747. The first-order valence-corrected chi connectivity index (χ1v) is 10.8. The van der Waals surface area contributed by atoms with E-state index in [0.29, 0.717) is 29.6 Å². The molecule has 30 heavy (non-hydrogen) atoms. The molecule has 1 aromatic heterocycles. The SMILES string of the molecule is O=C(c1ccc2c(=O)n3c(nc2c1)CCCC3)N1CCN(c2ccc(Cl)cc2)CC1. The van der Waals surface area contributed by atoms with E-state index in [1.165, 1.54) is 0 Å². The average molecular weight is 423 g/mol. The van der Waals surface area contributed by atoms with Gasteiger partial charge in [-0.25, -0.2) is 4.98 Å². The number of piperazine rings is 1. The third-order valence-electron chi connectivity index (χ3n) is 6.07. The topological polar surface area (TPSA) is 58.4 Å². The van der Waals surface area contributed by atoms with Gasteiger partial charge in [0.1, 0.15) is 5.82 Å². The first-order chi connectivity index (χ1) is 14.6. The van der Waals surface area contributed by atoms with Crippen LogP contribution in [0.2, 0.25) is 5.02 Å². The lowest BCUT2D eigenvalue weighted by Gasteiger charge is -2.36. The highest BCUT2D eigenvalue weighted by Gasteiger charge is 2.23. The molecule has 2 aliphatic rings. The Bertz CT molecular complexity index is 1160. The summed E-state index contributed by atoms with van der Waals surface area (Å²) in [5, 5.41) is 1.31. The Labute approximate surface area is 179 Å². The highest BCUT2D eigenvalue weighted by Crippen LogP contribution is 2.21. The second-order valence-corrected chi connectivity index (χ2v) is 8.37. The third-order valence-corrected chi connectivity index (χ3v) is 6.32. The van der Waals surface area contributed by atoms with Crippen LogP contribution in [-0.2, 0) is 13.0 Å². The van der Waals surface area contributed by atoms with Crippen LogP contribution in [0.25, 0.3) is 10.9 Å². The molecule has 7 heteroatoms. The molecule has 0 aliphatic carbocycles. The van der Waals surface area contributed by atoms with E-state index in [-0.39, 0.29) is 11.5 Å². The minimum Gasteiger partial charge on any atom is -0.368 e. The Morgan fingerprint density at radius 1 is 0.933 bits per heavy atom. The molecule has 3 aromatic rings. The first-order valence-electron chi connectivity index (χ1n) is 10.4. The molecule has 1 saturated heterocycles. The second-order valence-electron chi connectivity index (χ2n) is 7.93. The van der Waals surface area contributed by atoms with Crippen molar-refractivity contribution in [2.24, 2.45) is 0 Å². The van der Waals surface area contributed by atoms with Crippen LogP contribution < -0.4 is 10.5 Å². The van der Waals surface area contributed by atoms with Crippen molar-refractivity contribution in [2.45, 2.75) is 25.8 Å². The lowest BCUT2D eigenvalue weighted by Crippen LogP contribution is -2.48. The first kappa shape index (κ1) is 19.1. The molecule has 0 atom stereocenters. The van der Waals surface area contributed by atoms with E-state index in [0.717, 1.165) is 55.4 Å². The van der Waals surface area contributed by atoms with Crippen molar-refractivity contribution in [1.29, 1.82) is 0 Å². The molecule has 0 spiro atoms. The summed E-state index contributed by atoms with van der Waals surface area (Å²) in [6.45, 7) is 3.58. The van der Waals surface area contributed by atoms with Gasteiger partial charge in [0.2, 0.25) is 0 Å².